The van der Waals surface area contributed by atoms with Crippen molar-refractivity contribution in [3.8, 4) is 0 Å². The van der Waals surface area contributed by atoms with E-state index in [-0.39, 0.29) is 24.9 Å². The quantitative estimate of drug-likeness (QED) is 0.608. The lowest BCUT2D eigenvalue weighted by molar-refractivity contribution is -0.139. The summed E-state index contributed by atoms with van der Waals surface area (Å²) in [6, 6.07) is 0.0652. The van der Waals surface area contributed by atoms with Gasteiger partial charge in [0.1, 0.15) is 0 Å². The molecule has 2 atom stereocenters. The summed E-state index contributed by atoms with van der Waals surface area (Å²) >= 11 is 0. The summed E-state index contributed by atoms with van der Waals surface area (Å²) in [6.07, 6.45) is 1.50. The molecule has 1 amide bonds. The fourth-order valence-corrected chi connectivity index (χ4v) is 4.47. The van der Waals surface area contributed by atoms with E-state index in [1.807, 2.05) is 11.9 Å². The number of aliphatic carboxylic acids is 1. The molecule has 0 bridgehead atoms. The number of piperazine rings is 2. The standard InChI is InChI=1S/C19H35N5O4/c1-3-21-7-9-22(10-8-21)6-4-5-16-18(28-19(27)20(16)2)24-13-11-23(12-14-24)15-17(25)26/h16,18H,3-15H2,1-2H3,(H,25,26). The molecule has 3 saturated heterocycles. The molecule has 0 radical (unpaired) electrons. The molecule has 3 aliphatic heterocycles. The number of nitrogens with zero attached hydrogens (tertiary/aromatic N) is 5. The van der Waals surface area contributed by atoms with Crippen LogP contribution in [0.1, 0.15) is 19.8 Å². The van der Waals surface area contributed by atoms with E-state index in [4.69, 9.17) is 9.84 Å². The van der Waals surface area contributed by atoms with E-state index < -0.39 is 5.97 Å². The van der Waals surface area contributed by atoms with Gasteiger partial charge in [-0.2, -0.15) is 0 Å². The molecule has 3 fully saturated rings. The highest BCUT2D eigenvalue weighted by atomic mass is 16.6. The Morgan fingerprint density at radius 3 is 2.25 bits per heavy atom. The number of amides is 1. The summed E-state index contributed by atoms with van der Waals surface area (Å²) in [5.74, 6) is -0.793. The zero-order chi connectivity index (χ0) is 20.1. The molecule has 3 rings (SSSR count). The SMILES string of the molecule is CCN1CCN(CCCC2C(N3CCN(CC(=O)O)CC3)OC(=O)N2C)CC1. The van der Waals surface area contributed by atoms with Crippen molar-refractivity contribution in [1.82, 2.24) is 24.5 Å². The van der Waals surface area contributed by atoms with Crippen LogP contribution in [0.3, 0.4) is 0 Å². The van der Waals surface area contributed by atoms with Crippen LogP contribution in [0.4, 0.5) is 4.79 Å². The number of hydrogen-bond acceptors (Lipinski definition) is 7. The Labute approximate surface area is 167 Å². The molecule has 0 aromatic rings. The number of carboxylic acid groups (broad SMARTS) is 1. The second-order valence-corrected chi connectivity index (χ2v) is 8.08. The fraction of sp³-hybridized carbons (Fsp3) is 0.895. The maximum Gasteiger partial charge on any atom is 0.411 e. The van der Waals surface area contributed by atoms with Crippen molar-refractivity contribution in [2.45, 2.75) is 32.0 Å². The number of carbonyl (C=O) groups excluding carboxylic acids is 1. The van der Waals surface area contributed by atoms with E-state index in [1.54, 1.807) is 4.90 Å². The summed E-state index contributed by atoms with van der Waals surface area (Å²) in [4.78, 5) is 33.9. The highest BCUT2D eigenvalue weighted by molar-refractivity contribution is 5.70. The van der Waals surface area contributed by atoms with Gasteiger partial charge in [-0.3, -0.25) is 14.6 Å². The summed E-state index contributed by atoms with van der Waals surface area (Å²) < 4.78 is 5.67. The Hall–Kier alpha value is -1.42. The Kier molecular flexibility index (Phi) is 7.50. The summed E-state index contributed by atoms with van der Waals surface area (Å²) in [5.41, 5.74) is 0. The molecule has 160 valence electrons. The molecule has 28 heavy (non-hydrogen) atoms. The van der Waals surface area contributed by atoms with Crippen LogP contribution in [-0.4, -0.2) is 133 Å². The van der Waals surface area contributed by atoms with Crippen molar-refractivity contribution in [3.63, 3.8) is 0 Å². The topological polar surface area (TPSA) is 79.8 Å². The summed E-state index contributed by atoms with van der Waals surface area (Å²) in [5, 5.41) is 8.95. The van der Waals surface area contributed by atoms with E-state index in [1.165, 1.54) is 0 Å². The van der Waals surface area contributed by atoms with Gasteiger partial charge in [0.25, 0.3) is 0 Å². The highest BCUT2D eigenvalue weighted by Crippen LogP contribution is 2.25. The van der Waals surface area contributed by atoms with Crippen LogP contribution in [0.2, 0.25) is 0 Å². The Bertz CT molecular complexity index is 532. The minimum atomic E-state index is -0.793. The third-order valence-corrected chi connectivity index (χ3v) is 6.35. The largest absolute Gasteiger partial charge is 0.480 e. The van der Waals surface area contributed by atoms with E-state index >= 15 is 0 Å². The molecule has 0 aliphatic carbocycles. The molecular weight excluding hydrogens is 362 g/mol. The summed E-state index contributed by atoms with van der Waals surface area (Å²) in [7, 11) is 1.83. The lowest BCUT2D eigenvalue weighted by Gasteiger charge is -2.38. The lowest BCUT2D eigenvalue weighted by Crippen LogP contribution is -2.54. The number of ether oxygens (including phenoxy) is 1. The number of cyclic esters (lactones) is 1. The van der Waals surface area contributed by atoms with Gasteiger partial charge in [0, 0.05) is 59.4 Å². The van der Waals surface area contributed by atoms with Gasteiger partial charge in [0.15, 0.2) is 6.23 Å². The van der Waals surface area contributed by atoms with Crippen molar-refractivity contribution < 1.29 is 19.4 Å². The first-order valence-electron chi connectivity index (χ1n) is 10.5. The van der Waals surface area contributed by atoms with E-state index in [0.717, 1.165) is 65.2 Å². The molecule has 3 heterocycles. The number of rotatable bonds is 8. The van der Waals surface area contributed by atoms with Gasteiger partial charge in [-0.15, -0.1) is 0 Å². The number of likely N-dealkylation sites (N-methyl/N-ethyl adjacent to an activating group) is 2. The zero-order valence-corrected chi connectivity index (χ0v) is 17.3. The van der Waals surface area contributed by atoms with Gasteiger partial charge in [0.05, 0.1) is 12.6 Å². The highest BCUT2D eigenvalue weighted by Gasteiger charge is 2.43. The fourth-order valence-electron chi connectivity index (χ4n) is 4.47. The van der Waals surface area contributed by atoms with Gasteiger partial charge in [0.2, 0.25) is 0 Å². The van der Waals surface area contributed by atoms with Crippen LogP contribution in [0.25, 0.3) is 0 Å². The maximum absolute atomic E-state index is 12.2. The normalized spacial score (nSPS) is 28.6. The van der Waals surface area contributed by atoms with Crippen LogP contribution < -0.4 is 0 Å². The molecule has 9 heteroatoms. The Balaban J connectivity index is 1.46. The minimum absolute atomic E-state index is 0.0652. The predicted octanol–water partition coefficient (Wildman–Crippen LogP) is -0.117. The second-order valence-electron chi connectivity index (χ2n) is 8.08. The predicted molar refractivity (Wildman–Crippen MR) is 105 cm³/mol. The first-order chi connectivity index (χ1) is 13.5. The second kappa shape index (κ2) is 9.87. The average molecular weight is 398 g/mol. The molecule has 0 aromatic carbocycles. The van der Waals surface area contributed by atoms with Crippen LogP contribution in [-0.2, 0) is 9.53 Å². The van der Waals surface area contributed by atoms with Crippen molar-refractivity contribution in [1.29, 1.82) is 0 Å². The van der Waals surface area contributed by atoms with Gasteiger partial charge < -0.3 is 24.5 Å². The molecule has 1 N–H and O–H groups in total. The van der Waals surface area contributed by atoms with Crippen LogP contribution in [0, 0.1) is 0 Å². The monoisotopic (exact) mass is 397 g/mol. The molecule has 9 nitrogen and oxygen atoms in total. The number of carboxylic acids is 1. The molecule has 0 saturated carbocycles. The molecule has 3 aliphatic rings. The molecule has 2 unspecified atom stereocenters. The van der Waals surface area contributed by atoms with E-state index in [2.05, 4.69) is 21.6 Å². The van der Waals surface area contributed by atoms with Crippen LogP contribution >= 0.6 is 0 Å². The third kappa shape index (κ3) is 5.34. The lowest BCUT2D eigenvalue weighted by atomic mass is 10.1. The van der Waals surface area contributed by atoms with Gasteiger partial charge in [-0.25, -0.2) is 4.79 Å². The first kappa shape index (κ1) is 21.3. The van der Waals surface area contributed by atoms with E-state index in [9.17, 15) is 9.59 Å². The van der Waals surface area contributed by atoms with Crippen LogP contribution in [0.15, 0.2) is 0 Å². The van der Waals surface area contributed by atoms with Crippen molar-refractivity contribution in [3.05, 3.63) is 0 Å². The molecule has 0 aromatic heterocycles. The van der Waals surface area contributed by atoms with Crippen molar-refractivity contribution >= 4 is 12.1 Å². The van der Waals surface area contributed by atoms with Gasteiger partial charge in [-0.1, -0.05) is 6.92 Å². The Morgan fingerprint density at radius 1 is 1.04 bits per heavy atom. The van der Waals surface area contributed by atoms with Gasteiger partial charge >= 0.3 is 12.1 Å². The zero-order valence-electron chi connectivity index (χ0n) is 17.3. The van der Waals surface area contributed by atoms with Crippen molar-refractivity contribution in [2.75, 3.05) is 79.0 Å². The van der Waals surface area contributed by atoms with Crippen LogP contribution in [0.5, 0.6) is 0 Å². The summed E-state index contributed by atoms with van der Waals surface area (Å²) in [6.45, 7) is 11.9. The first-order valence-corrected chi connectivity index (χ1v) is 10.5. The molecule has 0 spiro atoms. The molecular formula is C19H35N5O4. The Morgan fingerprint density at radius 2 is 1.64 bits per heavy atom. The number of carbonyl (C=O) groups is 2. The van der Waals surface area contributed by atoms with Gasteiger partial charge in [-0.05, 0) is 25.9 Å². The van der Waals surface area contributed by atoms with E-state index in [0.29, 0.717) is 13.1 Å². The average Bonchev–Trinajstić information content (AvgIpc) is 2.97. The number of hydrogen-bond donors (Lipinski definition) is 1. The smallest absolute Gasteiger partial charge is 0.411 e. The maximum atomic E-state index is 12.2. The third-order valence-electron chi connectivity index (χ3n) is 6.35. The van der Waals surface area contributed by atoms with Crippen molar-refractivity contribution in [2.24, 2.45) is 0 Å². The minimum Gasteiger partial charge on any atom is -0.480 e.